The van der Waals surface area contributed by atoms with Gasteiger partial charge in [0.25, 0.3) is 0 Å². The highest BCUT2D eigenvalue weighted by molar-refractivity contribution is 5.34. The number of benzene rings is 2. The number of nitriles is 2. The van der Waals surface area contributed by atoms with E-state index in [9.17, 15) is 0 Å². The summed E-state index contributed by atoms with van der Waals surface area (Å²) >= 11 is 0. The average Bonchev–Trinajstić information content (AvgIpc) is 2.46. The Labute approximate surface area is 112 Å². The molecule has 92 valence electrons. The fourth-order valence-electron chi connectivity index (χ4n) is 1.72. The average molecular weight is 248 g/mol. The molecule has 0 fully saturated rings. The van der Waals surface area contributed by atoms with Crippen LogP contribution in [-0.4, -0.2) is 0 Å². The second-order valence-corrected chi connectivity index (χ2v) is 4.08. The van der Waals surface area contributed by atoms with Gasteiger partial charge in [-0.05, 0) is 29.8 Å². The minimum absolute atomic E-state index is 0.416. The standard InChI is InChI=1S/C16H12N2O/c17-11-14(12-18)9-13-5-4-8-16(10-13)19-15-6-2-1-3-7-15/h1-8,10,14H,9H2. The Morgan fingerprint density at radius 1 is 0.895 bits per heavy atom. The van der Waals surface area contributed by atoms with Gasteiger partial charge in [0, 0.05) is 6.42 Å². The molecule has 0 unspecified atom stereocenters. The molecule has 3 nitrogen and oxygen atoms in total. The van der Waals surface area contributed by atoms with Crippen molar-refractivity contribution in [2.24, 2.45) is 5.92 Å². The van der Waals surface area contributed by atoms with Crippen LogP contribution >= 0.6 is 0 Å². The van der Waals surface area contributed by atoms with Crippen LogP contribution in [0.2, 0.25) is 0 Å². The normalized spacial score (nSPS) is 9.63. The molecule has 2 aromatic rings. The number of para-hydroxylation sites is 1. The molecule has 2 aromatic carbocycles. The molecule has 0 saturated carbocycles. The topological polar surface area (TPSA) is 56.8 Å². The molecule has 0 aliphatic carbocycles. The van der Waals surface area contributed by atoms with E-state index < -0.39 is 5.92 Å². The minimum atomic E-state index is -0.619. The predicted octanol–water partition coefficient (Wildman–Crippen LogP) is 3.68. The van der Waals surface area contributed by atoms with Crippen LogP contribution in [0.3, 0.4) is 0 Å². The van der Waals surface area contributed by atoms with Crippen LogP contribution in [0, 0.1) is 28.6 Å². The van der Waals surface area contributed by atoms with Crippen LogP contribution in [0.25, 0.3) is 0 Å². The molecule has 0 radical (unpaired) electrons. The van der Waals surface area contributed by atoms with Crippen LogP contribution in [0.5, 0.6) is 11.5 Å². The number of nitrogens with zero attached hydrogens (tertiary/aromatic N) is 2. The lowest BCUT2D eigenvalue weighted by Crippen LogP contribution is -1.98. The zero-order chi connectivity index (χ0) is 13.5. The van der Waals surface area contributed by atoms with Crippen molar-refractivity contribution in [1.29, 1.82) is 10.5 Å². The van der Waals surface area contributed by atoms with Crippen molar-refractivity contribution in [1.82, 2.24) is 0 Å². The Morgan fingerprint density at radius 2 is 1.58 bits per heavy atom. The third-order valence-electron chi connectivity index (χ3n) is 2.63. The number of hydrogen-bond donors (Lipinski definition) is 0. The van der Waals surface area contributed by atoms with Crippen molar-refractivity contribution in [3.63, 3.8) is 0 Å². The molecular weight excluding hydrogens is 236 g/mol. The molecule has 0 N–H and O–H groups in total. The summed E-state index contributed by atoms with van der Waals surface area (Å²) in [5.74, 6) is 0.849. The second kappa shape index (κ2) is 6.23. The quantitative estimate of drug-likeness (QED) is 0.829. The molecule has 0 bridgehead atoms. The fraction of sp³-hybridized carbons (Fsp3) is 0.125. The van der Waals surface area contributed by atoms with Gasteiger partial charge >= 0.3 is 0 Å². The van der Waals surface area contributed by atoms with E-state index in [1.165, 1.54) is 0 Å². The summed E-state index contributed by atoms with van der Waals surface area (Å²) in [5.41, 5.74) is 0.918. The van der Waals surface area contributed by atoms with E-state index in [-0.39, 0.29) is 0 Å². The van der Waals surface area contributed by atoms with Crippen molar-refractivity contribution in [2.45, 2.75) is 6.42 Å². The van der Waals surface area contributed by atoms with Gasteiger partial charge in [0.15, 0.2) is 0 Å². The third kappa shape index (κ3) is 3.59. The molecule has 0 aliphatic rings. The summed E-state index contributed by atoms with van der Waals surface area (Å²) in [5, 5.41) is 17.6. The van der Waals surface area contributed by atoms with Gasteiger partial charge in [-0.2, -0.15) is 10.5 Å². The summed E-state index contributed by atoms with van der Waals surface area (Å²) in [4.78, 5) is 0. The van der Waals surface area contributed by atoms with Gasteiger partial charge in [0.1, 0.15) is 17.4 Å². The van der Waals surface area contributed by atoms with E-state index in [0.29, 0.717) is 12.2 Å². The van der Waals surface area contributed by atoms with Crippen LogP contribution < -0.4 is 4.74 Å². The van der Waals surface area contributed by atoms with Crippen molar-refractivity contribution >= 4 is 0 Å². The van der Waals surface area contributed by atoms with Crippen LogP contribution in [0.4, 0.5) is 0 Å². The first-order valence-electron chi connectivity index (χ1n) is 5.93. The third-order valence-corrected chi connectivity index (χ3v) is 2.63. The second-order valence-electron chi connectivity index (χ2n) is 4.08. The zero-order valence-electron chi connectivity index (χ0n) is 10.3. The first-order valence-corrected chi connectivity index (χ1v) is 5.93. The Balaban J connectivity index is 2.12. The molecule has 0 saturated heterocycles. The van der Waals surface area contributed by atoms with Gasteiger partial charge in [0.05, 0.1) is 12.1 Å². The molecule has 0 spiro atoms. The van der Waals surface area contributed by atoms with Crippen molar-refractivity contribution in [3.05, 3.63) is 60.2 Å². The molecule has 0 aromatic heterocycles. The Morgan fingerprint density at radius 3 is 2.26 bits per heavy atom. The van der Waals surface area contributed by atoms with Gasteiger partial charge in [-0.1, -0.05) is 30.3 Å². The zero-order valence-corrected chi connectivity index (χ0v) is 10.3. The molecular formula is C16H12N2O. The van der Waals surface area contributed by atoms with Crippen molar-refractivity contribution in [3.8, 4) is 23.6 Å². The maximum absolute atomic E-state index is 8.79. The summed E-state index contributed by atoms with van der Waals surface area (Å²) in [6.45, 7) is 0. The maximum Gasteiger partial charge on any atom is 0.137 e. The summed E-state index contributed by atoms with van der Waals surface area (Å²) in [6, 6.07) is 20.9. The smallest absolute Gasteiger partial charge is 0.137 e. The van der Waals surface area contributed by atoms with Gasteiger partial charge in [-0.15, -0.1) is 0 Å². The fourth-order valence-corrected chi connectivity index (χ4v) is 1.72. The van der Waals surface area contributed by atoms with E-state index in [0.717, 1.165) is 11.3 Å². The molecule has 2 rings (SSSR count). The largest absolute Gasteiger partial charge is 0.457 e. The monoisotopic (exact) mass is 248 g/mol. The highest BCUT2D eigenvalue weighted by atomic mass is 16.5. The van der Waals surface area contributed by atoms with Crippen LogP contribution in [-0.2, 0) is 6.42 Å². The van der Waals surface area contributed by atoms with E-state index in [1.54, 1.807) is 0 Å². The molecule has 0 heterocycles. The summed E-state index contributed by atoms with van der Waals surface area (Å²) in [6.07, 6.45) is 0.416. The van der Waals surface area contributed by atoms with Gasteiger partial charge in [-0.25, -0.2) is 0 Å². The van der Waals surface area contributed by atoms with Gasteiger partial charge in [0.2, 0.25) is 0 Å². The van der Waals surface area contributed by atoms with Crippen LogP contribution in [0.15, 0.2) is 54.6 Å². The number of rotatable bonds is 4. The van der Waals surface area contributed by atoms with Crippen molar-refractivity contribution < 1.29 is 4.74 Å². The Kier molecular flexibility index (Phi) is 4.16. The minimum Gasteiger partial charge on any atom is -0.457 e. The van der Waals surface area contributed by atoms with Gasteiger partial charge in [-0.3, -0.25) is 0 Å². The summed E-state index contributed by atoms with van der Waals surface area (Å²) in [7, 11) is 0. The molecule has 0 amide bonds. The van der Waals surface area contributed by atoms with Gasteiger partial charge < -0.3 is 4.74 Å². The highest BCUT2D eigenvalue weighted by Gasteiger charge is 2.07. The van der Waals surface area contributed by atoms with Crippen LogP contribution in [0.1, 0.15) is 5.56 Å². The first-order chi connectivity index (χ1) is 9.31. The molecule has 0 atom stereocenters. The predicted molar refractivity (Wildman–Crippen MR) is 71.4 cm³/mol. The summed E-state index contributed by atoms with van der Waals surface area (Å²) < 4.78 is 5.70. The molecule has 3 heteroatoms. The first kappa shape index (κ1) is 12.7. The molecule has 0 aliphatic heterocycles. The van der Waals surface area contributed by atoms with Crippen molar-refractivity contribution in [2.75, 3.05) is 0 Å². The lowest BCUT2D eigenvalue weighted by atomic mass is 10.0. The Hall–Kier alpha value is -2.78. The van der Waals surface area contributed by atoms with E-state index in [1.807, 2.05) is 66.7 Å². The van der Waals surface area contributed by atoms with E-state index in [2.05, 4.69) is 0 Å². The number of ether oxygens (including phenoxy) is 1. The maximum atomic E-state index is 8.79. The lowest BCUT2D eigenvalue weighted by Gasteiger charge is -2.07. The number of hydrogen-bond acceptors (Lipinski definition) is 3. The molecule has 19 heavy (non-hydrogen) atoms. The lowest BCUT2D eigenvalue weighted by molar-refractivity contribution is 0.482. The van der Waals surface area contributed by atoms with E-state index in [4.69, 9.17) is 15.3 Å². The van der Waals surface area contributed by atoms with E-state index >= 15 is 0 Å². The Bertz CT molecular complexity index is 609. The SMILES string of the molecule is N#CC(C#N)Cc1cccc(Oc2ccccc2)c1. The highest BCUT2D eigenvalue weighted by Crippen LogP contribution is 2.22.